The monoisotopic (exact) mass is 224 g/mol. The Kier molecular flexibility index (Phi) is 3.68. The third-order valence-electron chi connectivity index (χ3n) is 2.42. The molecule has 0 heterocycles. The number of carboxylic acid groups (broad SMARTS) is 1. The molecule has 0 radical (unpaired) electrons. The molecule has 1 N–H and O–H groups in total. The number of carbonyl (C=O) groups is 1. The summed E-state index contributed by atoms with van der Waals surface area (Å²) in [6.07, 6.45) is 1.71. The van der Waals surface area contributed by atoms with E-state index in [0.717, 1.165) is 18.4 Å². The molecule has 2 nitrogen and oxygen atoms in total. The van der Waals surface area contributed by atoms with Gasteiger partial charge in [0.2, 0.25) is 0 Å². The molecule has 1 rings (SSSR count). The number of carboxylic acids is 1. The number of hydrogen-bond acceptors (Lipinski definition) is 1. The maximum Gasteiger partial charge on any atom is 0.338 e. The summed E-state index contributed by atoms with van der Waals surface area (Å²) in [6, 6.07) is 4.29. The molecule has 0 aliphatic heterocycles. The molecule has 16 heavy (non-hydrogen) atoms. The second-order valence-corrected chi connectivity index (χ2v) is 5.18. The molecular weight excluding hydrogens is 207 g/mol. The van der Waals surface area contributed by atoms with Gasteiger partial charge >= 0.3 is 5.97 Å². The van der Waals surface area contributed by atoms with E-state index in [1.807, 2.05) is 0 Å². The van der Waals surface area contributed by atoms with Crippen LogP contribution in [0, 0.1) is 11.2 Å². The van der Waals surface area contributed by atoms with Crippen LogP contribution in [-0.2, 0) is 6.42 Å². The number of hydrogen-bond donors (Lipinski definition) is 1. The van der Waals surface area contributed by atoms with Gasteiger partial charge in [0.25, 0.3) is 0 Å². The van der Waals surface area contributed by atoms with Crippen LogP contribution >= 0.6 is 0 Å². The Labute approximate surface area is 95.1 Å². The SMILES string of the molecule is CC(C)(C)CCc1ccc(F)c(C(=O)O)c1. The molecule has 0 unspecified atom stereocenters. The lowest BCUT2D eigenvalue weighted by molar-refractivity contribution is 0.0691. The highest BCUT2D eigenvalue weighted by atomic mass is 19.1. The lowest BCUT2D eigenvalue weighted by Crippen LogP contribution is -2.07. The van der Waals surface area contributed by atoms with Crippen LogP contribution in [0.25, 0.3) is 0 Å². The van der Waals surface area contributed by atoms with Crippen LogP contribution in [0.1, 0.15) is 43.1 Å². The van der Waals surface area contributed by atoms with Crippen molar-refractivity contribution < 1.29 is 14.3 Å². The first kappa shape index (κ1) is 12.7. The largest absolute Gasteiger partial charge is 0.478 e. The van der Waals surface area contributed by atoms with Crippen LogP contribution < -0.4 is 0 Å². The van der Waals surface area contributed by atoms with Gasteiger partial charge in [-0.1, -0.05) is 26.8 Å². The summed E-state index contributed by atoms with van der Waals surface area (Å²) < 4.78 is 13.1. The molecule has 0 aromatic heterocycles. The first-order chi connectivity index (χ1) is 7.29. The lowest BCUT2D eigenvalue weighted by atomic mass is 9.88. The molecule has 0 saturated heterocycles. The van der Waals surface area contributed by atoms with Gasteiger partial charge in [0.05, 0.1) is 5.56 Å². The van der Waals surface area contributed by atoms with Crippen LogP contribution in [0.4, 0.5) is 4.39 Å². The summed E-state index contributed by atoms with van der Waals surface area (Å²) >= 11 is 0. The average Bonchev–Trinajstić information content (AvgIpc) is 2.14. The van der Waals surface area contributed by atoms with Crippen LogP contribution in [0.5, 0.6) is 0 Å². The van der Waals surface area contributed by atoms with Crippen LogP contribution in [0.2, 0.25) is 0 Å². The van der Waals surface area contributed by atoms with Gasteiger partial charge in [-0.05, 0) is 36.0 Å². The maximum absolute atomic E-state index is 13.1. The second-order valence-electron chi connectivity index (χ2n) is 5.18. The molecule has 0 atom stereocenters. The molecule has 0 bridgehead atoms. The predicted molar refractivity (Wildman–Crippen MR) is 61.1 cm³/mol. The molecule has 0 aliphatic rings. The Morgan fingerprint density at radius 1 is 1.38 bits per heavy atom. The molecule has 0 aliphatic carbocycles. The first-order valence-corrected chi connectivity index (χ1v) is 5.31. The lowest BCUT2D eigenvalue weighted by Gasteiger charge is -2.17. The fourth-order valence-electron chi connectivity index (χ4n) is 1.41. The van der Waals surface area contributed by atoms with Crippen LogP contribution in [0.3, 0.4) is 0 Å². The summed E-state index contributed by atoms with van der Waals surface area (Å²) in [6.45, 7) is 6.36. The topological polar surface area (TPSA) is 37.3 Å². The molecule has 0 saturated carbocycles. The van der Waals surface area contributed by atoms with Crippen LogP contribution in [0.15, 0.2) is 18.2 Å². The Morgan fingerprint density at radius 3 is 2.50 bits per heavy atom. The van der Waals surface area contributed by atoms with E-state index in [2.05, 4.69) is 20.8 Å². The maximum atomic E-state index is 13.1. The zero-order valence-electron chi connectivity index (χ0n) is 9.88. The standard InChI is InChI=1S/C13H17FO2/c1-13(2,3)7-6-9-4-5-11(14)10(8-9)12(15)16/h4-5,8H,6-7H2,1-3H3,(H,15,16). The van der Waals surface area contributed by atoms with Gasteiger partial charge in [0, 0.05) is 0 Å². The van der Waals surface area contributed by atoms with E-state index in [9.17, 15) is 9.18 Å². The third-order valence-corrected chi connectivity index (χ3v) is 2.42. The number of halogens is 1. The van der Waals surface area contributed by atoms with Gasteiger partial charge in [-0.15, -0.1) is 0 Å². The minimum absolute atomic E-state index is 0.192. The molecular formula is C13H17FO2. The predicted octanol–water partition coefficient (Wildman–Crippen LogP) is 3.50. The normalized spacial score (nSPS) is 11.5. The van der Waals surface area contributed by atoms with Crippen molar-refractivity contribution in [3.05, 3.63) is 35.1 Å². The zero-order chi connectivity index (χ0) is 12.3. The second kappa shape index (κ2) is 4.64. The van der Waals surface area contributed by atoms with E-state index in [4.69, 9.17) is 5.11 Å². The molecule has 3 heteroatoms. The van der Waals surface area contributed by atoms with Crippen molar-refractivity contribution in [1.29, 1.82) is 0 Å². The van der Waals surface area contributed by atoms with Crippen LogP contribution in [-0.4, -0.2) is 11.1 Å². The van der Waals surface area contributed by atoms with Gasteiger partial charge < -0.3 is 5.11 Å². The van der Waals surface area contributed by atoms with E-state index >= 15 is 0 Å². The molecule has 88 valence electrons. The molecule has 0 spiro atoms. The summed E-state index contributed by atoms with van der Waals surface area (Å²) in [5, 5.41) is 8.78. The minimum atomic E-state index is -1.21. The van der Waals surface area contributed by atoms with Crippen molar-refractivity contribution >= 4 is 5.97 Å². The number of aryl methyl sites for hydroxylation is 1. The van der Waals surface area contributed by atoms with Gasteiger partial charge in [-0.3, -0.25) is 0 Å². The highest BCUT2D eigenvalue weighted by Gasteiger charge is 2.13. The average molecular weight is 224 g/mol. The fourth-order valence-corrected chi connectivity index (χ4v) is 1.41. The quantitative estimate of drug-likeness (QED) is 0.853. The summed E-state index contributed by atoms with van der Waals surface area (Å²) in [5.74, 6) is -1.89. The van der Waals surface area contributed by atoms with E-state index in [1.165, 1.54) is 12.1 Å². The highest BCUT2D eigenvalue weighted by Crippen LogP contribution is 2.22. The van der Waals surface area contributed by atoms with Gasteiger partial charge in [-0.25, -0.2) is 9.18 Å². The van der Waals surface area contributed by atoms with E-state index in [-0.39, 0.29) is 11.0 Å². The highest BCUT2D eigenvalue weighted by molar-refractivity contribution is 5.88. The molecule has 1 aromatic rings. The molecule has 1 aromatic carbocycles. The number of aromatic carboxylic acids is 1. The summed E-state index contributed by atoms with van der Waals surface area (Å²) in [5.41, 5.74) is 0.817. The van der Waals surface area contributed by atoms with Gasteiger partial charge in [-0.2, -0.15) is 0 Å². The molecule has 0 fully saturated rings. The van der Waals surface area contributed by atoms with E-state index in [0.29, 0.717) is 0 Å². The Hall–Kier alpha value is -1.38. The summed E-state index contributed by atoms with van der Waals surface area (Å²) in [7, 11) is 0. The van der Waals surface area contributed by atoms with E-state index in [1.54, 1.807) is 6.07 Å². The van der Waals surface area contributed by atoms with E-state index < -0.39 is 11.8 Å². The smallest absolute Gasteiger partial charge is 0.338 e. The number of benzene rings is 1. The number of rotatable bonds is 3. The molecule has 0 amide bonds. The summed E-state index contributed by atoms with van der Waals surface area (Å²) in [4.78, 5) is 10.7. The van der Waals surface area contributed by atoms with Crippen molar-refractivity contribution in [3.63, 3.8) is 0 Å². The zero-order valence-corrected chi connectivity index (χ0v) is 9.88. The third kappa shape index (κ3) is 3.65. The van der Waals surface area contributed by atoms with Crippen molar-refractivity contribution in [2.45, 2.75) is 33.6 Å². The van der Waals surface area contributed by atoms with Crippen molar-refractivity contribution in [1.82, 2.24) is 0 Å². The fraction of sp³-hybridized carbons (Fsp3) is 0.462. The Bertz CT molecular complexity index is 391. The van der Waals surface area contributed by atoms with Crippen molar-refractivity contribution in [2.75, 3.05) is 0 Å². The van der Waals surface area contributed by atoms with Gasteiger partial charge in [0.15, 0.2) is 0 Å². The first-order valence-electron chi connectivity index (χ1n) is 5.31. The Morgan fingerprint density at radius 2 is 2.00 bits per heavy atom. The van der Waals surface area contributed by atoms with Gasteiger partial charge in [0.1, 0.15) is 5.82 Å². The minimum Gasteiger partial charge on any atom is -0.478 e. The van der Waals surface area contributed by atoms with Crippen molar-refractivity contribution in [3.8, 4) is 0 Å². The Balaban J connectivity index is 2.83. The van der Waals surface area contributed by atoms with Crippen molar-refractivity contribution in [2.24, 2.45) is 5.41 Å².